The summed E-state index contributed by atoms with van der Waals surface area (Å²) in [5.74, 6) is -1.02. The van der Waals surface area contributed by atoms with Gasteiger partial charge in [-0.3, -0.25) is 4.79 Å². The van der Waals surface area contributed by atoms with Crippen molar-refractivity contribution in [3.05, 3.63) is 23.8 Å². The number of ether oxygens (including phenoxy) is 1. The highest BCUT2D eigenvalue weighted by Crippen LogP contribution is 2.18. The molecule has 1 aromatic rings. The first kappa shape index (κ1) is 14.4. The number of aromatic nitrogens is 2. The van der Waals surface area contributed by atoms with Crippen LogP contribution in [0, 0.1) is 5.92 Å². The zero-order valence-electron chi connectivity index (χ0n) is 11.3. The largest absolute Gasteiger partial charge is 0.476 e. The fraction of sp³-hybridized carbons (Fsp3) is 0.538. The summed E-state index contributed by atoms with van der Waals surface area (Å²) in [7, 11) is 0. The molecule has 108 valence electrons. The van der Waals surface area contributed by atoms with Crippen LogP contribution in [0.2, 0.25) is 0 Å². The average molecular weight is 279 g/mol. The quantitative estimate of drug-likeness (QED) is 0.851. The minimum atomic E-state index is -1.16. The van der Waals surface area contributed by atoms with Gasteiger partial charge in [0.2, 0.25) is 0 Å². The van der Waals surface area contributed by atoms with Crippen LogP contribution in [0.25, 0.3) is 0 Å². The molecule has 7 nitrogen and oxygen atoms in total. The van der Waals surface area contributed by atoms with E-state index in [9.17, 15) is 9.59 Å². The molecule has 1 unspecified atom stereocenters. The van der Waals surface area contributed by atoms with Crippen LogP contribution < -0.4 is 0 Å². The Morgan fingerprint density at radius 2 is 2.10 bits per heavy atom. The van der Waals surface area contributed by atoms with Crippen LogP contribution in [0.5, 0.6) is 0 Å². The molecule has 1 atom stereocenters. The Bertz CT molecular complexity index is 489. The third-order valence-electron chi connectivity index (χ3n) is 3.22. The van der Waals surface area contributed by atoms with Crippen LogP contribution >= 0.6 is 0 Å². The zero-order valence-corrected chi connectivity index (χ0v) is 11.3. The van der Waals surface area contributed by atoms with Gasteiger partial charge in [0.25, 0.3) is 5.91 Å². The van der Waals surface area contributed by atoms with Gasteiger partial charge >= 0.3 is 5.97 Å². The molecule has 1 N–H and O–H groups in total. The molecule has 2 heterocycles. The van der Waals surface area contributed by atoms with Gasteiger partial charge < -0.3 is 14.7 Å². The molecular formula is C13H17N3O4. The summed E-state index contributed by atoms with van der Waals surface area (Å²) in [5.41, 5.74) is 0.00394. The number of rotatable bonds is 5. The first-order chi connectivity index (χ1) is 9.61. The minimum Gasteiger partial charge on any atom is -0.476 e. The third-order valence-corrected chi connectivity index (χ3v) is 3.22. The van der Waals surface area contributed by atoms with Crippen LogP contribution in [0.15, 0.2) is 12.4 Å². The van der Waals surface area contributed by atoms with Crippen LogP contribution in [-0.2, 0) is 4.74 Å². The van der Waals surface area contributed by atoms with E-state index in [4.69, 9.17) is 9.84 Å². The topological polar surface area (TPSA) is 92.6 Å². The number of carbonyl (C=O) groups is 2. The van der Waals surface area contributed by atoms with E-state index in [1.807, 2.05) is 6.92 Å². The van der Waals surface area contributed by atoms with Crippen LogP contribution in [-0.4, -0.2) is 58.2 Å². The van der Waals surface area contributed by atoms with Crippen LogP contribution in [0.1, 0.15) is 34.3 Å². The molecule has 7 heteroatoms. The standard InChI is InChI=1S/C13H17N3O4/c1-2-20-8-9-3-4-16(7-9)12(17)10-5-15-11(6-14-10)13(18)19/h5-6,9H,2-4,7-8H2,1H3,(H,18,19). The Balaban J connectivity index is 1.96. The summed E-state index contributed by atoms with van der Waals surface area (Å²) in [5, 5.41) is 8.73. The second-order valence-electron chi connectivity index (χ2n) is 4.66. The number of aromatic carboxylic acids is 1. The molecule has 0 aliphatic carbocycles. The molecule has 20 heavy (non-hydrogen) atoms. The molecule has 0 radical (unpaired) electrons. The SMILES string of the molecule is CCOCC1CCN(C(=O)c2cnc(C(=O)O)cn2)C1. The van der Waals surface area contributed by atoms with Gasteiger partial charge in [0.05, 0.1) is 19.0 Å². The fourth-order valence-corrected chi connectivity index (χ4v) is 2.15. The summed E-state index contributed by atoms with van der Waals surface area (Å²) in [6.07, 6.45) is 3.22. The van der Waals surface area contributed by atoms with Crippen molar-refractivity contribution in [3.63, 3.8) is 0 Å². The average Bonchev–Trinajstić information content (AvgIpc) is 2.93. The number of carbonyl (C=O) groups excluding carboxylic acids is 1. The van der Waals surface area contributed by atoms with Crippen molar-refractivity contribution in [2.24, 2.45) is 5.92 Å². The van der Waals surface area contributed by atoms with E-state index < -0.39 is 5.97 Å². The smallest absolute Gasteiger partial charge is 0.356 e. The van der Waals surface area contributed by atoms with Crippen molar-refractivity contribution in [2.75, 3.05) is 26.3 Å². The minimum absolute atomic E-state index is 0.169. The van der Waals surface area contributed by atoms with Crippen molar-refractivity contribution in [2.45, 2.75) is 13.3 Å². The fourth-order valence-electron chi connectivity index (χ4n) is 2.15. The molecule has 0 saturated carbocycles. The van der Waals surface area contributed by atoms with Crippen molar-refractivity contribution >= 4 is 11.9 Å². The van der Waals surface area contributed by atoms with Crippen molar-refractivity contribution in [1.29, 1.82) is 0 Å². The molecule has 1 aromatic heterocycles. The van der Waals surface area contributed by atoms with Crippen LogP contribution in [0.3, 0.4) is 0 Å². The summed E-state index contributed by atoms with van der Waals surface area (Å²) >= 11 is 0. The second kappa shape index (κ2) is 6.42. The summed E-state index contributed by atoms with van der Waals surface area (Å²) in [6, 6.07) is 0. The van der Waals surface area contributed by atoms with Crippen molar-refractivity contribution in [3.8, 4) is 0 Å². The molecule has 1 amide bonds. The highest BCUT2D eigenvalue weighted by atomic mass is 16.5. The molecule has 1 aliphatic heterocycles. The molecule has 1 saturated heterocycles. The molecule has 0 aromatic carbocycles. The number of amides is 1. The van der Waals surface area contributed by atoms with E-state index in [1.165, 1.54) is 6.20 Å². The monoisotopic (exact) mass is 279 g/mol. The Labute approximate surface area is 116 Å². The second-order valence-corrected chi connectivity index (χ2v) is 4.66. The predicted octanol–water partition coefficient (Wildman–Crippen LogP) is 0.673. The lowest BCUT2D eigenvalue weighted by Crippen LogP contribution is -2.30. The Kier molecular flexibility index (Phi) is 4.62. The van der Waals surface area contributed by atoms with Gasteiger partial charge in [-0.2, -0.15) is 0 Å². The highest BCUT2D eigenvalue weighted by Gasteiger charge is 2.27. The predicted molar refractivity (Wildman–Crippen MR) is 69.5 cm³/mol. The first-order valence-electron chi connectivity index (χ1n) is 6.54. The number of hydrogen-bond donors (Lipinski definition) is 1. The molecular weight excluding hydrogens is 262 g/mol. The molecule has 1 aliphatic rings. The van der Waals surface area contributed by atoms with E-state index in [2.05, 4.69) is 9.97 Å². The Morgan fingerprint density at radius 1 is 1.40 bits per heavy atom. The van der Waals surface area contributed by atoms with Crippen molar-refractivity contribution in [1.82, 2.24) is 14.9 Å². The van der Waals surface area contributed by atoms with Gasteiger partial charge in [0.1, 0.15) is 5.69 Å². The Hall–Kier alpha value is -2.02. The zero-order chi connectivity index (χ0) is 14.5. The number of nitrogens with zero attached hydrogens (tertiary/aromatic N) is 3. The van der Waals surface area contributed by atoms with E-state index in [0.717, 1.165) is 12.6 Å². The number of carboxylic acid groups (broad SMARTS) is 1. The third kappa shape index (κ3) is 3.30. The molecule has 1 fully saturated rings. The maximum absolute atomic E-state index is 12.2. The lowest BCUT2D eigenvalue weighted by Gasteiger charge is -2.15. The van der Waals surface area contributed by atoms with E-state index in [0.29, 0.717) is 32.2 Å². The normalized spacial score (nSPS) is 18.2. The van der Waals surface area contributed by atoms with E-state index >= 15 is 0 Å². The van der Waals surface area contributed by atoms with E-state index in [-0.39, 0.29) is 17.3 Å². The Morgan fingerprint density at radius 3 is 2.70 bits per heavy atom. The summed E-state index contributed by atoms with van der Waals surface area (Å²) < 4.78 is 5.36. The number of likely N-dealkylation sites (tertiary alicyclic amines) is 1. The van der Waals surface area contributed by atoms with Gasteiger partial charge in [0.15, 0.2) is 5.69 Å². The van der Waals surface area contributed by atoms with Gasteiger partial charge in [-0.05, 0) is 13.3 Å². The van der Waals surface area contributed by atoms with E-state index in [1.54, 1.807) is 4.90 Å². The van der Waals surface area contributed by atoms with Gasteiger partial charge in [-0.1, -0.05) is 0 Å². The maximum Gasteiger partial charge on any atom is 0.356 e. The van der Waals surface area contributed by atoms with Gasteiger partial charge in [-0.15, -0.1) is 0 Å². The summed E-state index contributed by atoms with van der Waals surface area (Å²) in [6.45, 7) is 4.58. The highest BCUT2D eigenvalue weighted by molar-refractivity contribution is 5.92. The molecule has 2 rings (SSSR count). The first-order valence-corrected chi connectivity index (χ1v) is 6.54. The molecule has 0 bridgehead atoms. The van der Waals surface area contributed by atoms with Gasteiger partial charge in [-0.25, -0.2) is 14.8 Å². The van der Waals surface area contributed by atoms with Crippen molar-refractivity contribution < 1.29 is 19.4 Å². The molecule has 0 spiro atoms. The number of hydrogen-bond acceptors (Lipinski definition) is 5. The maximum atomic E-state index is 12.2. The lowest BCUT2D eigenvalue weighted by molar-refractivity contribution is 0.0686. The lowest BCUT2D eigenvalue weighted by atomic mass is 10.1. The van der Waals surface area contributed by atoms with Crippen LogP contribution in [0.4, 0.5) is 0 Å². The van der Waals surface area contributed by atoms with Gasteiger partial charge in [0, 0.05) is 25.6 Å². The summed E-state index contributed by atoms with van der Waals surface area (Å²) in [4.78, 5) is 32.1. The number of carboxylic acids is 1.